The highest BCUT2D eigenvalue weighted by molar-refractivity contribution is 5.81. The first-order valence-corrected chi connectivity index (χ1v) is 9.81. The van der Waals surface area contributed by atoms with Crippen LogP contribution in [0.25, 0.3) is 11.2 Å². The molecule has 11 heteroatoms. The van der Waals surface area contributed by atoms with E-state index >= 15 is 0 Å². The largest absolute Gasteiger partial charge is 0.484 e. The zero-order valence-corrected chi connectivity index (χ0v) is 16.9. The van der Waals surface area contributed by atoms with E-state index in [0.717, 1.165) is 5.56 Å². The lowest BCUT2D eigenvalue weighted by molar-refractivity contribution is -0.158. The third kappa shape index (κ3) is 4.43. The van der Waals surface area contributed by atoms with E-state index in [1.807, 2.05) is 25.1 Å². The Morgan fingerprint density at radius 1 is 1.29 bits per heavy atom. The highest BCUT2D eigenvalue weighted by Crippen LogP contribution is 2.21. The average Bonchev–Trinajstić information content (AvgIpc) is 3.17. The number of fused-ring (bicyclic) bond motifs is 1. The van der Waals surface area contributed by atoms with E-state index in [4.69, 9.17) is 15.2 Å². The van der Waals surface area contributed by atoms with Crippen LogP contribution in [-0.4, -0.2) is 73.2 Å². The number of aliphatic hydroxyl groups is 2. The number of nitrogens with two attached hydrogens (primary N) is 1. The van der Waals surface area contributed by atoms with E-state index in [-0.39, 0.29) is 25.6 Å². The number of aromatic nitrogens is 4. The Morgan fingerprint density at radius 2 is 2.10 bits per heavy atom. The topological polar surface area (TPSA) is 158 Å². The third-order valence-electron chi connectivity index (χ3n) is 5.25. The van der Waals surface area contributed by atoms with Gasteiger partial charge in [0, 0.05) is 0 Å². The summed E-state index contributed by atoms with van der Waals surface area (Å²) in [5.41, 5.74) is 7.76. The maximum Gasteiger partial charge on any atom is 0.258 e. The van der Waals surface area contributed by atoms with Crippen molar-refractivity contribution in [3.63, 3.8) is 0 Å². The number of carbonyl (C=O) groups excluding carboxylic acids is 1. The van der Waals surface area contributed by atoms with Crippen molar-refractivity contribution in [3.8, 4) is 5.75 Å². The Labute approximate surface area is 177 Å². The molecule has 1 aliphatic rings. The lowest BCUT2D eigenvalue weighted by atomic mass is 9.98. The summed E-state index contributed by atoms with van der Waals surface area (Å²) < 4.78 is 12.9. The number of hydrogen-bond donors (Lipinski definition) is 4. The van der Waals surface area contributed by atoms with Crippen molar-refractivity contribution >= 4 is 22.9 Å². The lowest BCUT2D eigenvalue weighted by Crippen LogP contribution is -2.60. The summed E-state index contributed by atoms with van der Waals surface area (Å²) in [5, 5.41) is 23.7. The van der Waals surface area contributed by atoms with Crippen molar-refractivity contribution in [3.05, 3.63) is 42.5 Å². The van der Waals surface area contributed by atoms with Crippen LogP contribution in [0.3, 0.4) is 0 Å². The minimum Gasteiger partial charge on any atom is -0.484 e. The zero-order chi connectivity index (χ0) is 22.0. The molecule has 0 saturated carbocycles. The van der Waals surface area contributed by atoms with Crippen molar-refractivity contribution in [1.29, 1.82) is 0 Å². The number of anilines is 1. The fourth-order valence-electron chi connectivity index (χ4n) is 3.55. The summed E-state index contributed by atoms with van der Waals surface area (Å²) >= 11 is 0. The van der Waals surface area contributed by atoms with Crippen LogP contribution in [0, 0.1) is 6.92 Å². The Bertz CT molecular complexity index is 1070. The monoisotopic (exact) mass is 428 g/mol. The number of nitrogen functional groups attached to an aromatic ring is 1. The molecule has 4 rings (SSSR count). The van der Waals surface area contributed by atoms with Gasteiger partial charge in [0.2, 0.25) is 0 Å². The molecule has 0 spiro atoms. The van der Waals surface area contributed by atoms with Gasteiger partial charge in [0.1, 0.15) is 35.9 Å². The molecule has 1 saturated heterocycles. The Morgan fingerprint density at radius 3 is 2.90 bits per heavy atom. The number of imidazole rings is 1. The number of nitrogens with one attached hydrogen (secondary N) is 1. The molecule has 31 heavy (non-hydrogen) atoms. The minimum absolute atomic E-state index is 0.0254. The summed E-state index contributed by atoms with van der Waals surface area (Å²) in [6, 6.07) is 6.58. The van der Waals surface area contributed by atoms with Gasteiger partial charge in [-0.2, -0.15) is 0 Å². The third-order valence-corrected chi connectivity index (χ3v) is 5.25. The molecular formula is C20H24N6O5. The zero-order valence-electron chi connectivity index (χ0n) is 16.9. The van der Waals surface area contributed by atoms with Crippen molar-refractivity contribution < 1.29 is 24.5 Å². The van der Waals surface area contributed by atoms with Crippen molar-refractivity contribution in [2.45, 2.75) is 37.8 Å². The van der Waals surface area contributed by atoms with Crippen LogP contribution in [0.4, 0.5) is 5.82 Å². The summed E-state index contributed by atoms with van der Waals surface area (Å²) in [6.45, 7) is 1.88. The van der Waals surface area contributed by atoms with E-state index in [1.165, 1.54) is 12.7 Å². The number of rotatable bonds is 6. The number of benzene rings is 1. The van der Waals surface area contributed by atoms with Gasteiger partial charge in [-0.25, -0.2) is 15.0 Å². The van der Waals surface area contributed by atoms with Gasteiger partial charge in [-0.1, -0.05) is 18.2 Å². The van der Waals surface area contributed by atoms with E-state index in [1.54, 1.807) is 10.6 Å². The van der Waals surface area contributed by atoms with Gasteiger partial charge in [0.15, 0.2) is 18.1 Å². The second-order valence-corrected chi connectivity index (χ2v) is 7.41. The fraction of sp³-hybridized carbons (Fsp3) is 0.400. The Hall–Kier alpha value is -3.28. The van der Waals surface area contributed by atoms with E-state index < -0.39 is 30.3 Å². The van der Waals surface area contributed by atoms with Crippen LogP contribution in [0.15, 0.2) is 36.9 Å². The van der Waals surface area contributed by atoms with Crippen LogP contribution in [0.1, 0.15) is 5.56 Å². The SMILES string of the molecule is Cc1ccccc1OCC(=O)N[C@@H]1CO[C@H](Cn2cnc3ncnc(N)c32)[C@@H](O)[C@H]1O. The molecule has 4 atom stereocenters. The first-order valence-electron chi connectivity index (χ1n) is 9.81. The predicted molar refractivity (Wildman–Crippen MR) is 110 cm³/mol. The van der Waals surface area contributed by atoms with Gasteiger partial charge >= 0.3 is 0 Å². The standard InChI is InChI=1S/C20H24N6O5/c1-11-4-2-3-5-13(11)31-8-15(27)25-12-7-30-14(18(29)17(12)28)6-26-10-24-20-16(26)19(21)22-9-23-20/h2-5,9-10,12,14,17-18,28-29H,6-8H2,1H3,(H,25,27)(H2,21,22,23)/t12-,14-,17+,18-/m1/s1. The first kappa shape index (κ1) is 21.0. The maximum atomic E-state index is 12.2. The van der Waals surface area contributed by atoms with Crippen LogP contribution in [-0.2, 0) is 16.1 Å². The van der Waals surface area contributed by atoms with Gasteiger partial charge in [-0.3, -0.25) is 4.79 Å². The number of aryl methyl sites for hydroxylation is 1. The molecule has 3 aromatic rings. The molecule has 1 aromatic carbocycles. The molecule has 3 heterocycles. The number of amides is 1. The smallest absolute Gasteiger partial charge is 0.258 e. The first-order chi connectivity index (χ1) is 14.9. The van der Waals surface area contributed by atoms with E-state index in [9.17, 15) is 15.0 Å². The number of hydrogen-bond acceptors (Lipinski definition) is 9. The van der Waals surface area contributed by atoms with Crippen LogP contribution in [0.2, 0.25) is 0 Å². The highest BCUT2D eigenvalue weighted by Gasteiger charge is 2.39. The number of aliphatic hydroxyl groups excluding tert-OH is 2. The molecule has 2 aromatic heterocycles. The minimum atomic E-state index is -1.24. The number of ether oxygens (including phenoxy) is 2. The second kappa shape index (κ2) is 8.84. The molecule has 164 valence electrons. The van der Waals surface area contributed by atoms with Gasteiger partial charge < -0.3 is 35.3 Å². The maximum absolute atomic E-state index is 12.2. The van der Waals surface area contributed by atoms with Crippen molar-refractivity contribution in [2.24, 2.45) is 0 Å². The molecule has 1 amide bonds. The predicted octanol–water partition coefficient (Wildman–Crippen LogP) is -0.599. The van der Waals surface area contributed by atoms with Crippen molar-refractivity contribution in [2.75, 3.05) is 18.9 Å². The average molecular weight is 428 g/mol. The molecule has 11 nitrogen and oxygen atoms in total. The van der Waals surface area contributed by atoms with Gasteiger partial charge in [-0.15, -0.1) is 0 Å². The van der Waals surface area contributed by atoms with E-state index in [2.05, 4.69) is 20.3 Å². The van der Waals surface area contributed by atoms with Crippen LogP contribution >= 0.6 is 0 Å². The molecule has 0 radical (unpaired) electrons. The van der Waals surface area contributed by atoms with Gasteiger partial charge in [-0.05, 0) is 18.6 Å². The van der Waals surface area contributed by atoms with Gasteiger partial charge in [0.25, 0.3) is 5.91 Å². The summed E-state index contributed by atoms with van der Waals surface area (Å²) in [5.74, 6) is 0.438. The summed E-state index contributed by atoms with van der Waals surface area (Å²) in [4.78, 5) is 24.4. The molecule has 5 N–H and O–H groups in total. The molecule has 0 bridgehead atoms. The van der Waals surface area contributed by atoms with Crippen LogP contribution < -0.4 is 15.8 Å². The quantitative estimate of drug-likeness (QED) is 0.402. The lowest BCUT2D eigenvalue weighted by Gasteiger charge is -2.38. The molecule has 0 aliphatic carbocycles. The highest BCUT2D eigenvalue weighted by atomic mass is 16.5. The van der Waals surface area contributed by atoms with Crippen LogP contribution in [0.5, 0.6) is 5.75 Å². The second-order valence-electron chi connectivity index (χ2n) is 7.41. The number of carbonyl (C=O) groups is 1. The molecule has 0 unspecified atom stereocenters. The van der Waals surface area contributed by atoms with Crippen molar-refractivity contribution in [1.82, 2.24) is 24.8 Å². The van der Waals surface area contributed by atoms with Gasteiger partial charge in [0.05, 0.1) is 25.5 Å². The molecular weight excluding hydrogens is 404 g/mol. The Balaban J connectivity index is 1.34. The fourth-order valence-corrected chi connectivity index (χ4v) is 3.55. The summed E-state index contributed by atoms with van der Waals surface area (Å²) in [7, 11) is 0. The number of para-hydroxylation sites is 1. The number of nitrogens with zero attached hydrogens (tertiary/aromatic N) is 4. The normalized spacial score (nSPS) is 23.6. The molecule has 1 fully saturated rings. The van der Waals surface area contributed by atoms with E-state index in [0.29, 0.717) is 16.9 Å². The molecule has 1 aliphatic heterocycles. The Kier molecular flexibility index (Phi) is 5.98. The summed E-state index contributed by atoms with van der Waals surface area (Å²) in [6.07, 6.45) is -0.344.